The first-order valence-electron chi connectivity index (χ1n) is 8.36. The molecule has 1 amide bonds. The third-order valence-corrected chi connectivity index (χ3v) is 3.53. The molecule has 0 saturated heterocycles. The molecule has 142 valence electrons. The van der Waals surface area contributed by atoms with Gasteiger partial charge in [-0.15, -0.1) is 0 Å². The van der Waals surface area contributed by atoms with E-state index >= 15 is 0 Å². The van der Waals surface area contributed by atoms with Crippen molar-refractivity contribution >= 4 is 11.7 Å². The van der Waals surface area contributed by atoms with Crippen LogP contribution in [0.25, 0.3) is 0 Å². The number of aromatic amines is 1. The van der Waals surface area contributed by atoms with Gasteiger partial charge >= 0.3 is 5.88 Å². The summed E-state index contributed by atoms with van der Waals surface area (Å²) in [6.45, 7) is -0.0692. The quantitative estimate of drug-likeness (QED) is 0.373. The minimum atomic E-state index is -0.507. The van der Waals surface area contributed by atoms with Gasteiger partial charge in [0.25, 0.3) is 5.91 Å². The Morgan fingerprint density at radius 1 is 1.04 bits per heavy atom. The Morgan fingerprint density at radius 3 is 2.54 bits per heavy atom. The van der Waals surface area contributed by atoms with Gasteiger partial charge in [-0.1, -0.05) is 18.2 Å². The largest absolute Gasteiger partial charge is 0.486 e. The predicted octanol–water partition coefficient (Wildman–Crippen LogP) is 2.51. The summed E-state index contributed by atoms with van der Waals surface area (Å²) in [7, 11) is 0. The summed E-state index contributed by atoms with van der Waals surface area (Å²) in [5, 5.41) is 3.81. The lowest BCUT2D eigenvalue weighted by molar-refractivity contribution is -0.391. The third-order valence-electron chi connectivity index (χ3n) is 3.53. The van der Waals surface area contributed by atoms with Gasteiger partial charge in [0.1, 0.15) is 23.9 Å². The minimum absolute atomic E-state index is 0.0445. The molecular formula is C20H18FN4O3+. The predicted molar refractivity (Wildman–Crippen MR) is 100 cm³/mol. The minimum Gasteiger partial charge on any atom is -0.486 e. The molecule has 2 aromatic carbocycles. The molecule has 0 spiro atoms. The molecule has 0 aliphatic carbocycles. The number of para-hydroxylation sites is 1. The van der Waals surface area contributed by atoms with Gasteiger partial charge in [-0.3, -0.25) is 4.79 Å². The van der Waals surface area contributed by atoms with E-state index in [0.29, 0.717) is 11.5 Å². The van der Waals surface area contributed by atoms with Crippen molar-refractivity contribution in [2.45, 2.75) is 0 Å². The number of amidine groups is 1. The number of carbonyl (C=O) groups excluding carboxylic acids is 1. The molecule has 0 aliphatic rings. The van der Waals surface area contributed by atoms with Crippen molar-refractivity contribution in [3.05, 3.63) is 84.3 Å². The van der Waals surface area contributed by atoms with Crippen LogP contribution in [0.3, 0.4) is 0 Å². The fourth-order valence-electron chi connectivity index (χ4n) is 2.19. The Labute approximate surface area is 160 Å². The number of halogens is 1. The molecule has 0 aliphatic heterocycles. The van der Waals surface area contributed by atoms with E-state index in [1.54, 1.807) is 30.5 Å². The molecule has 0 saturated carbocycles. The van der Waals surface area contributed by atoms with Crippen LogP contribution in [0.4, 0.5) is 4.39 Å². The molecule has 0 bridgehead atoms. The summed E-state index contributed by atoms with van der Waals surface area (Å²) < 4.78 is 23.9. The Bertz CT molecular complexity index is 963. The number of carbonyl (C=O) groups is 1. The van der Waals surface area contributed by atoms with Crippen molar-refractivity contribution in [2.75, 3.05) is 6.61 Å². The monoisotopic (exact) mass is 381 g/mol. The second-order valence-corrected chi connectivity index (χ2v) is 5.61. The first-order valence-corrected chi connectivity index (χ1v) is 8.36. The Morgan fingerprint density at radius 2 is 1.79 bits per heavy atom. The van der Waals surface area contributed by atoms with Gasteiger partial charge in [0.2, 0.25) is 0 Å². The van der Waals surface area contributed by atoms with Crippen LogP contribution in [0.2, 0.25) is 0 Å². The van der Waals surface area contributed by atoms with Crippen molar-refractivity contribution in [3.8, 4) is 17.4 Å². The van der Waals surface area contributed by atoms with E-state index < -0.39 is 5.91 Å². The van der Waals surface area contributed by atoms with Gasteiger partial charge in [-0.25, -0.2) is 9.82 Å². The molecule has 0 unspecified atom stereocenters. The van der Waals surface area contributed by atoms with Gasteiger partial charge in [0, 0.05) is 6.07 Å². The number of aromatic nitrogens is 1. The molecule has 7 nitrogen and oxygen atoms in total. The van der Waals surface area contributed by atoms with Crippen LogP contribution >= 0.6 is 0 Å². The molecular weight excluding hydrogens is 363 g/mol. The summed E-state index contributed by atoms with van der Waals surface area (Å²) in [5.74, 6) is 0.449. The molecule has 0 fully saturated rings. The summed E-state index contributed by atoms with van der Waals surface area (Å²) >= 11 is 0. The molecule has 0 atom stereocenters. The SMILES string of the molecule is NC(COc1ccc(F)cc1)=NNC(=O)c1ccc[nH+]c1Oc1ccccc1. The molecule has 28 heavy (non-hydrogen) atoms. The van der Waals surface area contributed by atoms with E-state index in [1.807, 2.05) is 18.2 Å². The van der Waals surface area contributed by atoms with E-state index in [0.717, 1.165) is 0 Å². The maximum Gasteiger partial charge on any atom is 0.384 e. The molecule has 3 rings (SSSR count). The fraction of sp³-hybridized carbons (Fsp3) is 0.0500. The van der Waals surface area contributed by atoms with E-state index in [9.17, 15) is 9.18 Å². The van der Waals surface area contributed by atoms with Gasteiger partial charge < -0.3 is 15.2 Å². The standard InChI is InChI=1S/C20H17FN4O3/c21-14-8-10-15(11-9-14)27-13-18(22)24-25-19(26)17-7-4-12-23-20(17)28-16-5-2-1-3-6-16/h1-12H,13H2,(H2,22,24)(H,25,26)/p+1. The zero-order valence-electron chi connectivity index (χ0n) is 14.8. The van der Waals surface area contributed by atoms with Crippen molar-refractivity contribution < 1.29 is 23.6 Å². The number of rotatable bonds is 7. The molecule has 4 N–H and O–H groups in total. The zero-order chi connectivity index (χ0) is 19.8. The second-order valence-electron chi connectivity index (χ2n) is 5.61. The van der Waals surface area contributed by atoms with Gasteiger partial charge in [-0.05, 0) is 42.5 Å². The van der Waals surface area contributed by atoms with Gasteiger partial charge in [0.15, 0.2) is 17.6 Å². The van der Waals surface area contributed by atoms with Crippen LogP contribution < -0.4 is 25.6 Å². The summed E-state index contributed by atoms with van der Waals surface area (Å²) in [6, 6.07) is 17.8. The average molecular weight is 381 g/mol. The van der Waals surface area contributed by atoms with E-state index in [4.69, 9.17) is 15.2 Å². The lowest BCUT2D eigenvalue weighted by Gasteiger charge is -2.07. The molecule has 8 heteroatoms. The summed E-state index contributed by atoms with van der Waals surface area (Å²) in [5.41, 5.74) is 8.34. The first-order chi connectivity index (χ1) is 13.6. The Balaban J connectivity index is 1.61. The maximum absolute atomic E-state index is 12.9. The molecule has 1 aromatic heterocycles. The van der Waals surface area contributed by atoms with Crippen LogP contribution in [0.1, 0.15) is 10.4 Å². The van der Waals surface area contributed by atoms with Crippen molar-refractivity contribution in [3.63, 3.8) is 0 Å². The second kappa shape index (κ2) is 9.13. The van der Waals surface area contributed by atoms with E-state index in [2.05, 4.69) is 15.5 Å². The van der Waals surface area contributed by atoms with E-state index in [-0.39, 0.29) is 29.7 Å². The van der Waals surface area contributed by atoms with Crippen LogP contribution in [-0.2, 0) is 0 Å². The zero-order valence-corrected chi connectivity index (χ0v) is 14.8. The highest BCUT2D eigenvalue weighted by molar-refractivity contribution is 5.96. The van der Waals surface area contributed by atoms with Crippen molar-refractivity contribution in [2.24, 2.45) is 10.8 Å². The maximum atomic E-state index is 12.9. The number of H-pyrrole nitrogens is 1. The van der Waals surface area contributed by atoms with Gasteiger partial charge in [-0.2, -0.15) is 10.1 Å². The highest BCUT2D eigenvalue weighted by atomic mass is 19.1. The number of pyridine rings is 1. The number of nitrogens with zero attached hydrogens (tertiary/aromatic N) is 1. The number of benzene rings is 2. The molecule has 1 heterocycles. The van der Waals surface area contributed by atoms with E-state index in [1.165, 1.54) is 24.3 Å². The highest BCUT2D eigenvalue weighted by Gasteiger charge is 2.19. The topological polar surface area (TPSA) is 100 Å². The lowest BCUT2D eigenvalue weighted by atomic mass is 10.2. The summed E-state index contributed by atoms with van der Waals surface area (Å²) in [4.78, 5) is 15.3. The number of hydrazone groups is 1. The smallest absolute Gasteiger partial charge is 0.384 e. The fourth-order valence-corrected chi connectivity index (χ4v) is 2.19. The van der Waals surface area contributed by atoms with Crippen molar-refractivity contribution in [1.82, 2.24) is 5.43 Å². The van der Waals surface area contributed by atoms with Gasteiger partial charge in [0.05, 0.1) is 0 Å². The average Bonchev–Trinajstić information content (AvgIpc) is 2.73. The first kappa shape index (κ1) is 18.8. The number of amides is 1. The van der Waals surface area contributed by atoms with Crippen LogP contribution in [0.15, 0.2) is 78.0 Å². The van der Waals surface area contributed by atoms with Crippen molar-refractivity contribution in [1.29, 1.82) is 0 Å². The number of ether oxygens (including phenoxy) is 2. The number of nitrogens with two attached hydrogens (primary N) is 1. The molecule has 0 radical (unpaired) electrons. The number of nitrogens with one attached hydrogen (secondary N) is 2. The Kier molecular flexibility index (Phi) is 6.14. The third kappa shape index (κ3) is 5.28. The number of hydrogen-bond acceptors (Lipinski definition) is 4. The van der Waals surface area contributed by atoms with Crippen LogP contribution in [0.5, 0.6) is 17.4 Å². The molecule has 3 aromatic rings. The Hall–Kier alpha value is -3.94. The van der Waals surface area contributed by atoms with Crippen LogP contribution in [0, 0.1) is 5.82 Å². The highest BCUT2D eigenvalue weighted by Crippen LogP contribution is 2.20. The number of hydrogen-bond donors (Lipinski definition) is 2. The van der Waals surface area contributed by atoms with Crippen LogP contribution in [-0.4, -0.2) is 18.3 Å². The summed E-state index contributed by atoms with van der Waals surface area (Å²) in [6.07, 6.45) is 1.64. The normalized spacial score (nSPS) is 11.0. The lowest BCUT2D eigenvalue weighted by Crippen LogP contribution is -2.28.